The fraction of sp³-hybridized carbons (Fsp3) is 0.250. The number of benzene rings is 1. The lowest BCUT2D eigenvalue weighted by molar-refractivity contribution is 0.102. The highest BCUT2D eigenvalue weighted by molar-refractivity contribution is 9.10. The molecule has 5 nitrogen and oxygen atoms in total. The fourth-order valence-corrected chi connectivity index (χ4v) is 2.48. The molecule has 0 spiro atoms. The van der Waals surface area contributed by atoms with Gasteiger partial charge in [0, 0.05) is 11.5 Å². The van der Waals surface area contributed by atoms with Gasteiger partial charge in [-0.1, -0.05) is 11.3 Å². The van der Waals surface area contributed by atoms with E-state index in [1.54, 1.807) is 13.2 Å². The molecule has 0 aliphatic rings. The van der Waals surface area contributed by atoms with Gasteiger partial charge in [0.25, 0.3) is 5.91 Å². The summed E-state index contributed by atoms with van der Waals surface area (Å²) in [4.78, 5) is 12.0. The Morgan fingerprint density at radius 2 is 2.11 bits per heavy atom. The van der Waals surface area contributed by atoms with Crippen molar-refractivity contribution in [3.05, 3.63) is 39.6 Å². The first-order valence-corrected chi connectivity index (χ1v) is 6.21. The average Bonchev–Trinajstić information content (AvgIpc) is 2.70. The largest absolute Gasteiger partial charge is 0.319 e. The maximum absolute atomic E-state index is 12.0. The molecule has 0 atom stereocenters. The van der Waals surface area contributed by atoms with Gasteiger partial charge in [0.05, 0.1) is 11.9 Å². The number of amides is 1. The molecule has 0 unspecified atom stereocenters. The van der Waals surface area contributed by atoms with Crippen molar-refractivity contribution in [3.63, 3.8) is 0 Å². The van der Waals surface area contributed by atoms with Crippen LogP contribution >= 0.6 is 15.9 Å². The summed E-state index contributed by atoms with van der Waals surface area (Å²) in [6.45, 7) is 3.95. The van der Waals surface area contributed by atoms with E-state index in [-0.39, 0.29) is 5.91 Å². The zero-order chi connectivity index (χ0) is 13.3. The molecule has 94 valence electrons. The van der Waals surface area contributed by atoms with Crippen molar-refractivity contribution in [1.29, 1.82) is 0 Å². The third-order valence-electron chi connectivity index (χ3n) is 2.51. The van der Waals surface area contributed by atoms with Crippen molar-refractivity contribution in [2.24, 2.45) is 7.05 Å². The first-order chi connectivity index (χ1) is 8.47. The smallest absolute Gasteiger partial charge is 0.277 e. The van der Waals surface area contributed by atoms with Gasteiger partial charge in [0.15, 0.2) is 5.69 Å². The van der Waals surface area contributed by atoms with Gasteiger partial charge in [-0.3, -0.25) is 9.48 Å². The Morgan fingerprint density at radius 1 is 1.39 bits per heavy atom. The molecule has 0 saturated carbocycles. The van der Waals surface area contributed by atoms with E-state index >= 15 is 0 Å². The number of carbonyl (C=O) groups excluding carboxylic acids is 1. The van der Waals surface area contributed by atoms with Crippen LogP contribution in [0.25, 0.3) is 0 Å². The maximum Gasteiger partial charge on any atom is 0.277 e. The molecule has 18 heavy (non-hydrogen) atoms. The quantitative estimate of drug-likeness (QED) is 0.927. The summed E-state index contributed by atoms with van der Waals surface area (Å²) in [5.74, 6) is -0.268. The monoisotopic (exact) mass is 308 g/mol. The van der Waals surface area contributed by atoms with Gasteiger partial charge < -0.3 is 5.32 Å². The first kappa shape index (κ1) is 12.8. The molecule has 0 aliphatic carbocycles. The topological polar surface area (TPSA) is 59.8 Å². The molecule has 1 amide bonds. The van der Waals surface area contributed by atoms with E-state index in [0.29, 0.717) is 5.69 Å². The van der Waals surface area contributed by atoms with E-state index in [9.17, 15) is 4.79 Å². The predicted octanol–water partition coefficient (Wildman–Crippen LogP) is 2.45. The molecule has 1 aromatic heterocycles. The molecular formula is C12H13BrN4O. The summed E-state index contributed by atoms with van der Waals surface area (Å²) in [5, 5.41) is 10.3. The standard InChI is InChI=1S/C12H13BrN4O/c1-7-4-8(2)11(9(13)5-7)14-12(18)10-6-17(3)16-15-10/h4-6H,1-3H3,(H,14,18). The van der Waals surface area contributed by atoms with Crippen LogP contribution in [0, 0.1) is 13.8 Å². The van der Waals surface area contributed by atoms with Crippen molar-refractivity contribution in [1.82, 2.24) is 15.0 Å². The molecular weight excluding hydrogens is 296 g/mol. The van der Waals surface area contributed by atoms with Gasteiger partial charge >= 0.3 is 0 Å². The minimum Gasteiger partial charge on any atom is -0.319 e. The van der Waals surface area contributed by atoms with Gasteiger partial charge in [-0.05, 0) is 47.0 Å². The number of nitrogens with one attached hydrogen (secondary N) is 1. The molecule has 1 heterocycles. The summed E-state index contributed by atoms with van der Waals surface area (Å²) in [7, 11) is 1.72. The Balaban J connectivity index is 2.27. The second-order valence-corrected chi connectivity index (χ2v) is 5.02. The minimum atomic E-state index is -0.268. The zero-order valence-corrected chi connectivity index (χ0v) is 11.9. The summed E-state index contributed by atoms with van der Waals surface area (Å²) in [5.41, 5.74) is 3.19. The number of rotatable bonds is 2. The van der Waals surface area contributed by atoms with Crippen LogP contribution in [0.5, 0.6) is 0 Å². The van der Waals surface area contributed by atoms with Gasteiger partial charge in [0.2, 0.25) is 0 Å². The third-order valence-corrected chi connectivity index (χ3v) is 3.13. The first-order valence-electron chi connectivity index (χ1n) is 5.42. The Kier molecular flexibility index (Phi) is 3.47. The second kappa shape index (κ2) is 4.89. The summed E-state index contributed by atoms with van der Waals surface area (Å²) < 4.78 is 2.35. The fourth-order valence-electron chi connectivity index (χ4n) is 1.70. The molecule has 0 bridgehead atoms. The van der Waals surface area contributed by atoms with Crippen molar-refractivity contribution in [2.75, 3.05) is 5.32 Å². The van der Waals surface area contributed by atoms with E-state index in [4.69, 9.17) is 0 Å². The number of aromatic nitrogens is 3. The average molecular weight is 309 g/mol. The molecule has 0 saturated heterocycles. The van der Waals surface area contributed by atoms with Crippen LogP contribution in [0.1, 0.15) is 21.6 Å². The highest BCUT2D eigenvalue weighted by Crippen LogP contribution is 2.28. The van der Waals surface area contributed by atoms with Crippen molar-refractivity contribution >= 4 is 27.5 Å². The normalized spacial score (nSPS) is 10.4. The van der Waals surface area contributed by atoms with Crippen LogP contribution in [0.15, 0.2) is 22.8 Å². The van der Waals surface area contributed by atoms with E-state index < -0.39 is 0 Å². The molecule has 6 heteroatoms. The van der Waals surface area contributed by atoms with Crippen molar-refractivity contribution < 1.29 is 4.79 Å². The number of halogens is 1. The number of anilines is 1. The Morgan fingerprint density at radius 3 is 2.67 bits per heavy atom. The highest BCUT2D eigenvalue weighted by Gasteiger charge is 2.13. The lowest BCUT2D eigenvalue weighted by Crippen LogP contribution is -2.14. The zero-order valence-electron chi connectivity index (χ0n) is 10.4. The van der Waals surface area contributed by atoms with Gasteiger partial charge in [0.1, 0.15) is 0 Å². The number of hydrogen-bond donors (Lipinski definition) is 1. The Bertz CT molecular complexity index is 583. The molecule has 1 N–H and O–H groups in total. The molecule has 0 fully saturated rings. The van der Waals surface area contributed by atoms with Crippen molar-refractivity contribution in [3.8, 4) is 0 Å². The lowest BCUT2D eigenvalue weighted by atomic mass is 10.1. The number of nitrogens with zero attached hydrogens (tertiary/aromatic N) is 3. The van der Waals surface area contributed by atoms with Crippen LogP contribution in [-0.4, -0.2) is 20.9 Å². The molecule has 0 radical (unpaired) electrons. The van der Waals surface area contributed by atoms with E-state index in [1.807, 2.05) is 26.0 Å². The number of carbonyl (C=O) groups is 1. The highest BCUT2D eigenvalue weighted by atomic mass is 79.9. The van der Waals surface area contributed by atoms with Crippen molar-refractivity contribution in [2.45, 2.75) is 13.8 Å². The lowest BCUT2D eigenvalue weighted by Gasteiger charge is -2.10. The summed E-state index contributed by atoms with van der Waals surface area (Å²) in [6.07, 6.45) is 1.58. The van der Waals surface area contributed by atoms with Gasteiger partial charge in [-0.2, -0.15) is 0 Å². The minimum absolute atomic E-state index is 0.268. The van der Waals surface area contributed by atoms with E-state index in [2.05, 4.69) is 31.6 Å². The van der Waals surface area contributed by atoms with Crippen LogP contribution in [0.3, 0.4) is 0 Å². The number of hydrogen-bond acceptors (Lipinski definition) is 3. The van der Waals surface area contributed by atoms with Crippen LogP contribution < -0.4 is 5.32 Å². The Hall–Kier alpha value is -1.69. The predicted molar refractivity (Wildman–Crippen MR) is 72.6 cm³/mol. The molecule has 2 aromatic rings. The molecule has 1 aromatic carbocycles. The maximum atomic E-state index is 12.0. The van der Waals surface area contributed by atoms with E-state index in [0.717, 1.165) is 21.3 Å². The third kappa shape index (κ3) is 2.59. The molecule has 0 aliphatic heterocycles. The van der Waals surface area contributed by atoms with Gasteiger partial charge in [-0.25, -0.2) is 0 Å². The SMILES string of the molecule is Cc1cc(C)c(NC(=O)c2cn(C)nn2)c(Br)c1. The van der Waals surface area contributed by atoms with Crippen LogP contribution in [0.4, 0.5) is 5.69 Å². The Labute approximate surface area is 113 Å². The second-order valence-electron chi connectivity index (χ2n) is 4.17. The summed E-state index contributed by atoms with van der Waals surface area (Å²) >= 11 is 3.45. The number of aryl methyl sites for hydroxylation is 3. The van der Waals surface area contributed by atoms with Crippen LogP contribution in [0.2, 0.25) is 0 Å². The van der Waals surface area contributed by atoms with Crippen LogP contribution in [-0.2, 0) is 7.05 Å². The van der Waals surface area contributed by atoms with E-state index in [1.165, 1.54) is 4.68 Å². The summed E-state index contributed by atoms with van der Waals surface area (Å²) in [6, 6.07) is 3.97. The van der Waals surface area contributed by atoms with Gasteiger partial charge in [-0.15, -0.1) is 5.10 Å². The molecule has 2 rings (SSSR count).